The average molecular weight is 515 g/mol. The molecule has 4 N–H and O–H groups in total. The van der Waals surface area contributed by atoms with Gasteiger partial charge < -0.3 is 16.0 Å². The van der Waals surface area contributed by atoms with Crippen LogP contribution in [0.25, 0.3) is 0 Å². The van der Waals surface area contributed by atoms with Gasteiger partial charge >= 0.3 is 0 Å². The first kappa shape index (κ1) is 26.1. The molecule has 3 aromatic carbocycles. The first-order valence-corrected chi connectivity index (χ1v) is 12.7. The Kier molecular flexibility index (Phi) is 8.73. The lowest BCUT2D eigenvalue weighted by Gasteiger charge is -2.15. The number of halogens is 1. The van der Waals surface area contributed by atoms with Gasteiger partial charge in [-0.05, 0) is 54.4 Å². The third kappa shape index (κ3) is 7.73. The van der Waals surface area contributed by atoms with Crippen LogP contribution in [0.4, 0.5) is 11.4 Å². The lowest BCUT2D eigenvalue weighted by molar-refractivity contribution is -0.118. The van der Waals surface area contributed by atoms with Gasteiger partial charge in [0.05, 0.1) is 10.6 Å². The molecule has 0 aliphatic rings. The number of nitrogens with one attached hydrogen (secondary N) is 4. The molecule has 0 bridgehead atoms. The molecule has 8 nitrogen and oxygen atoms in total. The zero-order valence-corrected chi connectivity index (χ0v) is 21.0. The fourth-order valence-electron chi connectivity index (χ4n) is 3.20. The maximum Gasteiger partial charge on any atom is 0.262 e. The van der Waals surface area contributed by atoms with E-state index in [0.717, 1.165) is 11.1 Å². The highest BCUT2D eigenvalue weighted by atomic mass is 35.5. The van der Waals surface area contributed by atoms with Crippen LogP contribution >= 0.6 is 11.6 Å². The predicted octanol–water partition coefficient (Wildman–Crippen LogP) is 3.93. The Morgan fingerprint density at radius 3 is 2.29 bits per heavy atom. The summed E-state index contributed by atoms with van der Waals surface area (Å²) < 4.78 is 29.0. The van der Waals surface area contributed by atoms with Crippen molar-refractivity contribution in [3.63, 3.8) is 0 Å². The van der Waals surface area contributed by atoms with Crippen molar-refractivity contribution in [3.05, 3.63) is 88.4 Å². The summed E-state index contributed by atoms with van der Waals surface area (Å²) >= 11 is 5.94. The van der Waals surface area contributed by atoms with E-state index in [4.69, 9.17) is 11.6 Å². The van der Waals surface area contributed by atoms with Crippen molar-refractivity contribution < 1.29 is 18.0 Å². The van der Waals surface area contributed by atoms with Crippen molar-refractivity contribution in [3.8, 4) is 0 Å². The summed E-state index contributed by atoms with van der Waals surface area (Å²) in [4.78, 5) is 23.7. The first-order valence-electron chi connectivity index (χ1n) is 10.9. The topological polar surface area (TPSA) is 116 Å². The lowest BCUT2D eigenvalue weighted by atomic mass is 10.1. The van der Waals surface area contributed by atoms with E-state index in [-0.39, 0.29) is 29.5 Å². The molecule has 3 rings (SSSR count). The van der Waals surface area contributed by atoms with Crippen molar-refractivity contribution in [1.29, 1.82) is 0 Å². The zero-order valence-electron chi connectivity index (χ0n) is 19.4. The van der Waals surface area contributed by atoms with E-state index in [1.54, 1.807) is 43.3 Å². The van der Waals surface area contributed by atoms with Gasteiger partial charge in [-0.2, -0.15) is 0 Å². The fourth-order valence-corrected chi connectivity index (χ4v) is 4.53. The minimum Gasteiger partial charge on any atom is -0.381 e. The van der Waals surface area contributed by atoms with Gasteiger partial charge in [0.15, 0.2) is 0 Å². The quantitative estimate of drug-likeness (QED) is 0.306. The summed E-state index contributed by atoms with van der Waals surface area (Å²) in [7, 11) is -3.98. The molecule has 0 aromatic heterocycles. The standard InChI is InChI=1S/C25H27ClN4O4S/c1-17-5-3-4-6-24(17)30-35(33,34)23-14-20(25(32)28-12-11-27-18(2)31)13-22(15-23)29-16-19-7-9-21(26)10-8-19/h3-10,13-15,29-30H,11-12,16H2,1-2H3,(H,27,31)(H,28,32). The van der Waals surface area contributed by atoms with Crippen LogP contribution in [0, 0.1) is 6.92 Å². The second-order valence-corrected chi connectivity index (χ2v) is 10.0. The molecule has 0 saturated carbocycles. The number of hydrogen-bond acceptors (Lipinski definition) is 5. The molecule has 0 heterocycles. The SMILES string of the molecule is CC(=O)NCCNC(=O)c1cc(NCc2ccc(Cl)cc2)cc(S(=O)(=O)Nc2ccccc2C)c1. The minimum absolute atomic E-state index is 0.0612. The Morgan fingerprint density at radius 2 is 1.60 bits per heavy atom. The van der Waals surface area contributed by atoms with Crippen LogP contribution in [0.1, 0.15) is 28.4 Å². The van der Waals surface area contributed by atoms with Crippen molar-refractivity contribution in [2.24, 2.45) is 0 Å². The van der Waals surface area contributed by atoms with E-state index < -0.39 is 15.9 Å². The highest BCUT2D eigenvalue weighted by molar-refractivity contribution is 7.92. The van der Waals surface area contributed by atoms with Crippen molar-refractivity contribution in [1.82, 2.24) is 10.6 Å². The van der Waals surface area contributed by atoms with Crippen LogP contribution < -0.4 is 20.7 Å². The van der Waals surface area contributed by atoms with Gasteiger partial charge in [-0.15, -0.1) is 0 Å². The van der Waals surface area contributed by atoms with Gasteiger partial charge in [-0.3, -0.25) is 14.3 Å². The van der Waals surface area contributed by atoms with Crippen LogP contribution in [-0.4, -0.2) is 33.3 Å². The number of rotatable bonds is 10. The van der Waals surface area contributed by atoms with Crippen LogP contribution in [0.3, 0.4) is 0 Å². The Bertz CT molecular complexity index is 1310. The Hall–Kier alpha value is -3.56. The molecule has 0 aliphatic heterocycles. The van der Waals surface area contributed by atoms with Gasteiger partial charge in [0.1, 0.15) is 0 Å². The monoisotopic (exact) mass is 514 g/mol. The number of para-hydroxylation sites is 1. The van der Waals surface area contributed by atoms with Crippen LogP contribution in [-0.2, 0) is 21.4 Å². The first-order chi connectivity index (χ1) is 16.6. The van der Waals surface area contributed by atoms with Crippen molar-refractivity contribution >= 4 is 44.8 Å². The number of aryl methyl sites for hydroxylation is 1. The third-order valence-corrected chi connectivity index (χ3v) is 6.66. The zero-order chi connectivity index (χ0) is 25.4. The van der Waals surface area contributed by atoms with Crippen molar-refractivity contribution in [2.75, 3.05) is 23.1 Å². The molecule has 0 fully saturated rings. The van der Waals surface area contributed by atoms with E-state index in [2.05, 4.69) is 20.7 Å². The largest absolute Gasteiger partial charge is 0.381 e. The molecule has 3 aromatic rings. The molecule has 0 aliphatic carbocycles. The van der Waals surface area contributed by atoms with Gasteiger partial charge in [-0.1, -0.05) is 41.9 Å². The Labute approximate surface area is 210 Å². The number of hydrogen-bond donors (Lipinski definition) is 4. The molecular formula is C25H27ClN4O4S. The summed E-state index contributed by atoms with van der Waals surface area (Å²) in [5, 5.41) is 9.07. The third-order valence-electron chi connectivity index (χ3n) is 5.06. The molecule has 2 amide bonds. The number of carbonyl (C=O) groups excluding carboxylic acids is 2. The summed E-state index contributed by atoms with van der Waals surface area (Å²) in [5.74, 6) is -0.666. The van der Waals surface area contributed by atoms with Gasteiger partial charge in [0, 0.05) is 42.8 Å². The second-order valence-electron chi connectivity index (χ2n) is 7.89. The van der Waals surface area contributed by atoms with Crippen LogP contribution in [0.2, 0.25) is 5.02 Å². The normalized spacial score (nSPS) is 10.9. The molecule has 0 atom stereocenters. The van der Waals surface area contributed by atoms with Crippen LogP contribution in [0.5, 0.6) is 0 Å². The number of sulfonamides is 1. The van der Waals surface area contributed by atoms with Gasteiger partial charge in [0.2, 0.25) is 5.91 Å². The Morgan fingerprint density at radius 1 is 0.914 bits per heavy atom. The minimum atomic E-state index is -3.98. The summed E-state index contributed by atoms with van der Waals surface area (Å²) in [6, 6.07) is 18.6. The molecule has 0 unspecified atom stereocenters. The van der Waals surface area contributed by atoms with Crippen molar-refractivity contribution in [2.45, 2.75) is 25.3 Å². The maximum atomic E-state index is 13.2. The summed E-state index contributed by atoms with van der Waals surface area (Å²) in [6.07, 6.45) is 0. The van der Waals surface area contributed by atoms with Crippen LogP contribution in [0.15, 0.2) is 71.6 Å². The van der Waals surface area contributed by atoms with Gasteiger partial charge in [-0.25, -0.2) is 8.42 Å². The number of anilines is 2. The van der Waals surface area contributed by atoms with Gasteiger partial charge in [0.25, 0.3) is 15.9 Å². The van der Waals surface area contributed by atoms with E-state index in [9.17, 15) is 18.0 Å². The molecule has 0 radical (unpaired) electrons. The second kappa shape index (κ2) is 11.7. The number of carbonyl (C=O) groups is 2. The molecule has 0 saturated heterocycles. The Balaban J connectivity index is 1.87. The van der Waals surface area contributed by atoms with E-state index in [0.29, 0.717) is 22.9 Å². The highest BCUT2D eigenvalue weighted by Crippen LogP contribution is 2.24. The smallest absolute Gasteiger partial charge is 0.262 e. The van der Waals surface area contributed by atoms with E-state index >= 15 is 0 Å². The molecule has 184 valence electrons. The van der Waals surface area contributed by atoms with E-state index in [1.165, 1.54) is 19.1 Å². The maximum absolute atomic E-state index is 13.2. The molecule has 35 heavy (non-hydrogen) atoms. The van der Waals surface area contributed by atoms with E-state index in [1.807, 2.05) is 18.2 Å². The summed E-state index contributed by atoms with van der Waals surface area (Å²) in [5.41, 5.74) is 2.78. The fraction of sp³-hybridized carbons (Fsp3) is 0.200. The number of benzene rings is 3. The molecule has 0 spiro atoms. The number of amides is 2. The summed E-state index contributed by atoms with van der Waals surface area (Å²) in [6.45, 7) is 4.04. The highest BCUT2D eigenvalue weighted by Gasteiger charge is 2.19. The molecular weight excluding hydrogens is 488 g/mol. The molecule has 10 heteroatoms. The predicted molar refractivity (Wildman–Crippen MR) is 138 cm³/mol. The lowest BCUT2D eigenvalue weighted by Crippen LogP contribution is -2.33. The average Bonchev–Trinajstić information content (AvgIpc) is 2.82.